The van der Waals surface area contributed by atoms with E-state index in [1.54, 1.807) is 11.3 Å². The van der Waals surface area contributed by atoms with Crippen molar-refractivity contribution in [3.8, 4) is 0 Å². The number of hydrogen-bond donors (Lipinski definition) is 1. The summed E-state index contributed by atoms with van der Waals surface area (Å²) < 4.78 is 15.4. The molecule has 1 aliphatic heterocycles. The van der Waals surface area contributed by atoms with Crippen molar-refractivity contribution in [2.45, 2.75) is 19.9 Å². The summed E-state index contributed by atoms with van der Waals surface area (Å²) in [6, 6.07) is 15.3. The second-order valence-electron chi connectivity index (χ2n) is 7.00. The van der Waals surface area contributed by atoms with Crippen molar-refractivity contribution >= 4 is 32.9 Å². The largest absolute Gasteiger partial charge is 0.507 e. The number of thiophene rings is 1. The summed E-state index contributed by atoms with van der Waals surface area (Å²) in [6.07, 6.45) is 0.842. The molecule has 4 aromatic rings. The summed E-state index contributed by atoms with van der Waals surface area (Å²) in [4.78, 5) is 19.1. The maximum atomic E-state index is 13.4. The second kappa shape index (κ2) is 6.67. The summed E-state index contributed by atoms with van der Waals surface area (Å²) in [6.45, 7) is 2.62. The van der Waals surface area contributed by atoms with Crippen LogP contribution >= 0.6 is 11.3 Å². The van der Waals surface area contributed by atoms with Crippen LogP contribution in [0, 0.1) is 5.82 Å². The molecule has 144 valence electrons. The van der Waals surface area contributed by atoms with Crippen molar-refractivity contribution in [2.24, 2.45) is 0 Å². The minimum absolute atomic E-state index is 0.0237. The van der Waals surface area contributed by atoms with Crippen molar-refractivity contribution in [3.63, 3.8) is 0 Å². The number of aromatic nitrogens is 2. The first-order chi connectivity index (χ1) is 14.1. The quantitative estimate of drug-likeness (QED) is 0.422. The van der Waals surface area contributed by atoms with E-state index < -0.39 is 0 Å². The van der Waals surface area contributed by atoms with Gasteiger partial charge >= 0.3 is 0 Å². The van der Waals surface area contributed by atoms with Gasteiger partial charge in [0.2, 0.25) is 0 Å². The highest BCUT2D eigenvalue weighted by Crippen LogP contribution is 2.38. The molecule has 5 rings (SSSR count). The van der Waals surface area contributed by atoms with E-state index in [4.69, 9.17) is 0 Å². The predicted molar refractivity (Wildman–Crippen MR) is 114 cm³/mol. The molecular formula is C23H17FN2O2S. The molecule has 0 spiro atoms. The van der Waals surface area contributed by atoms with E-state index in [1.165, 1.54) is 24.3 Å². The smallest absolute Gasteiger partial charge is 0.281 e. The van der Waals surface area contributed by atoms with Crippen LogP contribution in [0.5, 0.6) is 0 Å². The first kappa shape index (κ1) is 17.8. The van der Waals surface area contributed by atoms with Gasteiger partial charge in [-0.1, -0.05) is 31.2 Å². The van der Waals surface area contributed by atoms with Crippen LogP contribution in [0.15, 0.2) is 59.4 Å². The van der Waals surface area contributed by atoms with E-state index in [0.717, 1.165) is 27.3 Å². The summed E-state index contributed by atoms with van der Waals surface area (Å²) in [5, 5.41) is 11.8. The molecule has 0 saturated heterocycles. The number of aliphatic hydroxyl groups excluding tert-OH is 1. The van der Waals surface area contributed by atoms with Crippen molar-refractivity contribution < 1.29 is 9.50 Å². The number of benzene rings is 2. The Labute approximate surface area is 170 Å². The molecule has 2 aromatic carbocycles. The highest BCUT2D eigenvalue weighted by molar-refractivity contribution is 7.18. The third-order valence-electron chi connectivity index (χ3n) is 5.24. The van der Waals surface area contributed by atoms with Gasteiger partial charge in [-0.2, -0.15) is 4.98 Å². The Balaban J connectivity index is 1.87. The molecule has 0 saturated carbocycles. The van der Waals surface area contributed by atoms with E-state index in [0.29, 0.717) is 28.9 Å². The van der Waals surface area contributed by atoms with E-state index >= 15 is 0 Å². The first-order valence-corrected chi connectivity index (χ1v) is 10.2. The minimum Gasteiger partial charge on any atom is -0.507 e. The SMILES string of the molecule is CCc1cc2c(=O)nc3n(c2s1)Cc1ccccc1/C3=C(\O)c1ccc(F)cc1. The normalized spacial score (nSPS) is 14.6. The van der Waals surface area contributed by atoms with Gasteiger partial charge in [0, 0.05) is 10.4 Å². The molecule has 0 bridgehead atoms. The predicted octanol–water partition coefficient (Wildman–Crippen LogP) is 5.00. The molecule has 0 fully saturated rings. The zero-order valence-electron chi connectivity index (χ0n) is 15.6. The maximum Gasteiger partial charge on any atom is 0.281 e. The van der Waals surface area contributed by atoms with Crippen molar-refractivity contribution in [2.75, 3.05) is 0 Å². The third kappa shape index (κ3) is 2.79. The van der Waals surface area contributed by atoms with Gasteiger partial charge in [0.05, 0.1) is 17.5 Å². The lowest BCUT2D eigenvalue weighted by Gasteiger charge is -2.25. The van der Waals surface area contributed by atoms with Crippen LogP contribution in [0.3, 0.4) is 0 Å². The number of halogens is 1. The number of rotatable bonds is 2. The Hall–Kier alpha value is -3.25. The zero-order valence-corrected chi connectivity index (χ0v) is 16.5. The van der Waals surface area contributed by atoms with Gasteiger partial charge < -0.3 is 9.67 Å². The molecule has 1 N–H and O–H groups in total. The molecule has 3 heterocycles. The number of fused-ring (bicyclic) bond motifs is 4. The van der Waals surface area contributed by atoms with Crippen LogP contribution in [0.25, 0.3) is 21.5 Å². The molecule has 29 heavy (non-hydrogen) atoms. The topological polar surface area (TPSA) is 55.1 Å². The van der Waals surface area contributed by atoms with Crippen molar-refractivity contribution in [1.29, 1.82) is 0 Å². The standard InChI is InChI=1S/C23H17FN2O2S/c1-2-16-11-18-22(28)25-21-19(20(27)13-7-9-15(24)10-8-13)17-6-4-3-5-14(17)12-26(21)23(18)29-16/h3-11,27H,2,12H2,1H3/b20-19+. The fourth-order valence-corrected chi connectivity index (χ4v) is 4.88. The number of aryl methyl sites for hydroxylation is 1. The Bertz CT molecular complexity index is 1350. The van der Waals surface area contributed by atoms with Gasteiger partial charge in [-0.05, 0) is 47.9 Å². The van der Waals surface area contributed by atoms with Crippen molar-refractivity contribution in [1.82, 2.24) is 9.55 Å². The third-order valence-corrected chi connectivity index (χ3v) is 6.55. The highest BCUT2D eigenvalue weighted by atomic mass is 32.1. The molecule has 0 radical (unpaired) electrons. The van der Waals surface area contributed by atoms with E-state index in [2.05, 4.69) is 11.9 Å². The fourth-order valence-electron chi connectivity index (χ4n) is 3.79. The summed E-state index contributed by atoms with van der Waals surface area (Å²) in [5.41, 5.74) is 2.52. The minimum atomic E-state index is -0.377. The summed E-state index contributed by atoms with van der Waals surface area (Å²) >= 11 is 1.58. The average molecular weight is 404 g/mol. The Morgan fingerprint density at radius 3 is 2.72 bits per heavy atom. The summed E-state index contributed by atoms with van der Waals surface area (Å²) in [5.74, 6) is 0.0367. The van der Waals surface area contributed by atoms with Gasteiger partial charge in [0.1, 0.15) is 22.2 Å². The monoisotopic (exact) mass is 404 g/mol. The maximum absolute atomic E-state index is 13.4. The average Bonchev–Trinajstić information content (AvgIpc) is 3.18. The molecule has 0 amide bonds. The van der Waals surface area contributed by atoms with Crippen LogP contribution < -0.4 is 5.56 Å². The molecular weight excluding hydrogens is 387 g/mol. The van der Waals surface area contributed by atoms with Crippen LogP contribution in [0.1, 0.15) is 34.3 Å². The van der Waals surface area contributed by atoms with Crippen LogP contribution in [-0.4, -0.2) is 14.7 Å². The van der Waals surface area contributed by atoms with Gasteiger partial charge in [0.15, 0.2) is 0 Å². The first-order valence-electron chi connectivity index (χ1n) is 9.38. The molecule has 0 unspecified atom stereocenters. The van der Waals surface area contributed by atoms with Crippen LogP contribution in [0.4, 0.5) is 4.39 Å². The zero-order chi connectivity index (χ0) is 20.1. The Morgan fingerprint density at radius 2 is 1.97 bits per heavy atom. The Kier molecular flexibility index (Phi) is 4.10. The van der Waals surface area contributed by atoms with E-state index in [-0.39, 0.29) is 17.1 Å². The molecule has 4 nitrogen and oxygen atoms in total. The van der Waals surface area contributed by atoms with Crippen LogP contribution in [0.2, 0.25) is 0 Å². The van der Waals surface area contributed by atoms with E-state index in [1.807, 2.05) is 34.9 Å². The van der Waals surface area contributed by atoms with E-state index in [9.17, 15) is 14.3 Å². The van der Waals surface area contributed by atoms with Gasteiger partial charge in [-0.3, -0.25) is 4.79 Å². The molecule has 1 aliphatic rings. The van der Waals surface area contributed by atoms with Crippen molar-refractivity contribution in [3.05, 3.63) is 98.2 Å². The lowest BCUT2D eigenvalue weighted by atomic mass is 9.92. The summed E-state index contributed by atoms with van der Waals surface area (Å²) in [7, 11) is 0. The Morgan fingerprint density at radius 1 is 1.21 bits per heavy atom. The van der Waals surface area contributed by atoms with Gasteiger partial charge in [-0.15, -0.1) is 11.3 Å². The number of aliphatic hydroxyl groups is 1. The van der Waals surface area contributed by atoms with Crippen LogP contribution in [-0.2, 0) is 13.0 Å². The molecule has 0 aliphatic carbocycles. The number of hydrogen-bond acceptors (Lipinski definition) is 4. The fraction of sp³-hybridized carbons (Fsp3) is 0.130. The molecule has 0 atom stereocenters. The lowest BCUT2D eigenvalue weighted by Crippen LogP contribution is -2.23. The lowest BCUT2D eigenvalue weighted by molar-refractivity contribution is 0.512. The highest BCUT2D eigenvalue weighted by Gasteiger charge is 2.27. The molecule has 6 heteroatoms. The second-order valence-corrected chi connectivity index (χ2v) is 8.11. The number of nitrogens with zero attached hydrogens (tertiary/aromatic N) is 2. The van der Waals surface area contributed by atoms with Gasteiger partial charge in [0.25, 0.3) is 5.56 Å². The molecule has 2 aromatic heterocycles. The van der Waals surface area contributed by atoms with Gasteiger partial charge in [-0.25, -0.2) is 4.39 Å².